The van der Waals surface area contributed by atoms with Gasteiger partial charge in [0, 0.05) is 43.3 Å². The van der Waals surface area contributed by atoms with Gasteiger partial charge < -0.3 is 9.64 Å². The number of methoxy groups -OCH3 is 1. The monoisotopic (exact) mass is 310 g/mol. The first-order valence-corrected chi connectivity index (χ1v) is 7.32. The molecular weight excluding hydrogens is 292 g/mol. The summed E-state index contributed by atoms with van der Waals surface area (Å²) < 4.78 is 4.63. The molecule has 1 aromatic rings. The van der Waals surface area contributed by atoms with E-state index >= 15 is 0 Å². The molecule has 1 aromatic carbocycles. The fourth-order valence-electron chi connectivity index (χ4n) is 2.30. The molecule has 21 heavy (non-hydrogen) atoms. The SMILES string of the molecule is COC(=O)CCN1CCN(C(=O)c2ccc(Cl)cc2)CC1. The molecule has 0 N–H and O–H groups in total. The van der Waals surface area contributed by atoms with Crippen LogP contribution in [0.15, 0.2) is 24.3 Å². The van der Waals surface area contributed by atoms with E-state index in [4.69, 9.17) is 11.6 Å². The van der Waals surface area contributed by atoms with Crippen molar-refractivity contribution in [3.05, 3.63) is 34.9 Å². The zero-order valence-corrected chi connectivity index (χ0v) is 12.8. The number of esters is 1. The highest BCUT2D eigenvalue weighted by Gasteiger charge is 2.22. The van der Waals surface area contributed by atoms with Gasteiger partial charge in [-0.25, -0.2) is 0 Å². The summed E-state index contributed by atoms with van der Waals surface area (Å²) in [6.07, 6.45) is 0.391. The summed E-state index contributed by atoms with van der Waals surface area (Å²) >= 11 is 5.82. The van der Waals surface area contributed by atoms with Gasteiger partial charge in [-0.2, -0.15) is 0 Å². The first-order chi connectivity index (χ1) is 10.1. The molecule has 0 bridgehead atoms. The van der Waals surface area contributed by atoms with Gasteiger partial charge in [0.2, 0.25) is 0 Å². The highest BCUT2D eigenvalue weighted by Crippen LogP contribution is 2.13. The predicted octanol–water partition coefficient (Wildman–Crippen LogP) is 1.66. The Labute approximate surface area is 129 Å². The molecule has 114 valence electrons. The molecule has 0 unspecified atom stereocenters. The van der Waals surface area contributed by atoms with Crippen LogP contribution in [0.2, 0.25) is 5.02 Å². The lowest BCUT2D eigenvalue weighted by Crippen LogP contribution is -2.49. The number of carbonyl (C=O) groups excluding carboxylic acids is 2. The van der Waals surface area contributed by atoms with E-state index in [1.807, 2.05) is 4.90 Å². The van der Waals surface area contributed by atoms with E-state index in [1.54, 1.807) is 24.3 Å². The van der Waals surface area contributed by atoms with E-state index < -0.39 is 0 Å². The number of benzene rings is 1. The molecule has 0 saturated carbocycles. The van der Waals surface area contributed by atoms with E-state index in [1.165, 1.54) is 7.11 Å². The molecule has 0 atom stereocenters. The number of rotatable bonds is 4. The second-order valence-corrected chi connectivity index (χ2v) is 5.40. The number of piperazine rings is 1. The molecule has 1 heterocycles. The van der Waals surface area contributed by atoms with E-state index in [0.29, 0.717) is 36.6 Å². The molecule has 5 nitrogen and oxygen atoms in total. The Hall–Kier alpha value is -1.59. The largest absolute Gasteiger partial charge is 0.469 e. The molecule has 1 amide bonds. The molecule has 0 aromatic heterocycles. The zero-order valence-electron chi connectivity index (χ0n) is 12.0. The first kappa shape index (κ1) is 15.8. The van der Waals surface area contributed by atoms with E-state index in [-0.39, 0.29) is 11.9 Å². The van der Waals surface area contributed by atoms with E-state index in [2.05, 4.69) is 9.64 Å². The first-order valence-electron chi connectivity index (χ1n) is 6.94. The number of hydrogen-bond donors (Lipinski definition) is 0. The third-order valence-electron chi connectivity index (χ3n) is 3.61. The van der Waals surface area contributed by atoms with E-state index in [9.17, 15) is 9.59 Å². The molecule has 1 aliphatic heterocycles. The normalized spacial score (nSPS) is 15.8. The molecule has 2 rings (SSSR count). The lowest BCUT2D eigenvalue weighted by atomic mass is 10.2. The van der Waals surface area contributed by atoms with Gasteiger partial charge in [-0.05, 0) is 24.3 Å². The van der Waals surface area contributed by atoms with Crippen LogP contribution < -0.4 is 0 Å². The summed E-state index contributed by atoms with van der Waals surface area (Å²) in [6.45, 7) is 3.56. The summed E-state index contributed by atoms with van der Waals surface area (Å²) in [6, 6.07) is 6.94. The highest BCUT2D eigenvalue weighted by molar-refractivity contribution is 6.30. The zero-order chi connectivity index (χ0) is 15.2. The van der Waals surface area contributed by atoms with Crippen LogP contribution in [-0.4, -0.2) is 61.5 Å². The summed E-state index contributed by atoms with van der Waals surface area (Å²) in [5.41, 5.74) is 0.655. The standard InChI is InChI=1S/C15H19ClN2O3/c1-21-14(19)6-7-17-8-10-18(11-9-17)15(20)12-2-4-13(16)5-3-12/h2-5H,6-11H2,1H3. The maximum atomic E-state index is 12.3. The van der Waals surface area contributed by atoms with Gasteiger partial charge >= 0.3 is 5.97 Å². The van der Waals surface area contributed by atoms with Crippen molar-refractivity contribution in [2.24, 2.45) is 0 Å². The maximum Gasteiger partial charge on any atom is 0.306 e. The van der Waals surface area contributed by atoms with Crippen molar-refractivity contribution in [1.29, 1.82) is 0 Å². The molecule has 0 radical (unpaired) electrons. The molecule has 1 aliphatic rings. The Kier molecular flexibility index (Phi) is 5.59. The lowest BCUT2D eigenvalue weighted by Gasteiger charge is -2.34. The third kappa shape index (κ3) is 4.44. The predicted molar refractivity (Wildman–Crippen MR) is 80.4 cm³/mol. The van der Waals surface area contributed by atoms with Gasteiger partial charge in [-0.1, -0.05) is 11.6 Å². The van der Waals surface area contributed by atoms with Gasteiger partial charge in [-0.3, -0.25) is 14.5 Å². The molecule has 1 fully saturated rings. The smallest absolute Gasteiger partial charge is 0.306 e. The molecule has 0 spiro atoms. The van der Waals surface area contributed by atoms with Crippen molar-refractivity contribution in [3.63, 3.8) is 0 Å². The number of hydrogen-bond acceptors (Lipinski definition) is 4. The van der Waals surface area contributed by atoms with Crippen LogP contribution in [0.1, 0.15) is 16.8 Å². The van der Waals surface area contributed by atoms with Gasteiger partial charge in [-0.15, -0.1) is 0 Å². The topological polar surface area (TPSA) is 49.9 Å². The Morgan fingerprint density at radius 1 is 1.14 bits per heavy atom. The second kappa shape index (κ2) is 7.43. The van der Waals surface area contributed by atoms with Crippen LogP contribution in [0.25, 0.3) is 0 Å². The summed E-state index contributed by atoms with van der Waals surface area (Å²) in [4.78, 5) is 27.4. The average molecular weight is 311 g/mol. The van der Waals surface area contributed by atoms with Crippen LogP contribution in [0.4, 0.5) is 0 Å². The summed E-state index contributed by atoms with van der Waals surface area (Å²) in [5.74, 6) is -0.172. The molecule has 1 saturated heterocycles. The molecule has 0 aliphatic carbocycles. The Balaban J connectivity index is 1.82. The van der Waals surface area contributed by atoms with Gasteiger partial charge in [0.1, 0.15) is 0 Å². The quantitative estimate of drug-likeness (QED) is 0.794. The van der Waals surface area contributed by atoms with E-state index in [0.717, 1.165) is 13.1 Å². The number of nitrogens with zero attached hydrogens (tertiary/aromatic N) is 2. The maximum absolute atomic E-state index is 12.3. The van der Waals surface area contributed by atoms with Crippen LogP contribution in [-0.2, 0) is 9.53 Å². The highest BCUT2D eigenvalue weighted by atomic mass is 35.5. The number of halogens is 1. The average Bonchev–Trinajstić information content (AvgIpc) is 2.53. The molecule has 6 heteroatoms. The molecular formula is C15H19ClN2O3. The van der Waals surface area contributed by atoms with Crippen LogP contribution >= 0.6 is 11.6 Å². The summed E-state index contributed by atoms with van der Waals surface area (Å²) in [5, 5.41) is 0.624. The van der Waals surface area contributed by atoms with Crippen LogP contribution in [0, 0.1) is 0 Å². The summed E-state index contributed by atoms with van der Waals surface area (Å²) in [7, 11) is 1.39. The van der Waals surface area contributed by atoms with Gasteiger partial charge in [0.25, 0.3) is 5.91 Å². The van der Waals surface area contributed by atoms with Crippen molar-refractivity contribution >= 4 is 23.5 Å². The minimum Gasteiger partial charge on any atom is -0.469 e. The van der Waals surface area contributed by atoms with Gasteiger partial charge in [0.05, 0.1) is 13.5 Å². The van der Waals surface area contributed by atoms with Crippen molar-refractivity contribution in [1.82, 2.24) is 9.80 Å². The third-order valence-corrected chi connectivity index (χ3v) is 3.86. The number of amides is 1. The Morgan fingerprint density at radius 2 is 1.76 bits per heavy atom. The number of carbonyl (C=O) groups is 2. The van der Waals surface area contributed by atoms with Crippen molar-refractivity contribution < 1.29 is 14.3 Å². The van der Waals surface area contributed by atoms with Crippen molar-refractivity contribution in [3.8, 4) is 0 Å². The minimum atomic E-state index is -0.199. The minimum absolute atomic E-state index is 0.0271. The Morgan fingerprint density at radius 3 is 2.33 bits per heavy atom. The fourth-order valence-corrected chi connectivity index (χ4v) is 2.43. The lowest BCUT2D eigenvalue weighted by molar-refractivity contribution is -0.141. The van der Waals surface area contributed by atoms with Crippen molar-refractivity contribution in [2.45, 2.75) is 6.42 Å². The van der Waals surface area contributed by atoms with Crippen LogP contribution in [0.3, 0.4) is 0 Å². The second-order valence-electron chi connectivity index (χ2n) is 4.97. The van der Waals surface area contributed by atoms with Crippen LogP contribution in [0.5, 0.6) is 0 Å². The Bertz CT molecular complexity index is 496. The van der Waals surface area contributed by atoms with Gasteiger partial charge in [0.15, 0.2) is 0 Å². The van der Waals surface area contributed by atoms with Crippen molar-refractivity contribution in [2.75, 3.05) is 39.8 Å². The number of ether oxygens (including phenoxy) is 1. The fraction of sp³-hybridized carbons (Fsp3) is 0.467.